The van der Waals surface area contributed by atoms with Crippen molar-refractivity contribution in [2.24, 2.45) is 7.05 Å². The third kappa shape index (κ3) is 3.88. The van der Waals surface area contributed by atoms with Crippen LogP contribution in [-0.4, -0.2) is 27.7 Å². The van der Waals surface area contributed by atoms with Gasteiger partial charge < -0.3 is 14.6 Å². The smallest absolute Gasteiger partial charge is 0.270 e. The van der Waals surface area contributed by atoms with Gasteiger partial charge in [0.25, 0.3) is 5.91 Å². The minimum absolute atomic E-state index is 0.232. The topological polar surface area (TPSA) is 76.2 Å². The Morgan fingerprint density at radius 1 is 1.40 bits per heavy atom. The maximum Gasteiger partial charge on any atom is 0.270 e. The van der Waals surface area contributed by atoms with Crippen LogP contribution in [0.15, 0.2) is 47.3 Å². The zero-order valence-electron chi connectivity index (χ0n) is 14.6. The van der Waals surface area contributed by atoms with E-state index in [2.05, 4.69) is 20.3 Å². The van der Waals surface area contributed by atoms with Gasteiger partial charge in [0.15, 0.2) is 0 Å². The highest BCUT2D eigenvalue weighted by molar-refractivity contribution is 5.93. The summed E-state index contributed by atoms with van der Waals surface area (Å²) in [6, 6.07) is 7.27. The molecule has 0 aromatic carbocycles. The number of amides is 1. The van der Waals surface area contributed by atoms with Gasteiger partial charge >= 0.3 is 0 Å². The lowest BCUT2D eigenvalue weighted by molar-refractivity contribution is 0.0943. The van der Waals surface area contributed by atoms with Gasteiger partial charge in [0.05, 0.1) is 19.0 Å². The first kappa shape index (κ1) is 16.8. The molecular formula is C18H21N5O2. The molecule has 0 fully saturated rings. The van der Waals surface area contributed by atoms with Gasteiger partial charge in [0.2, 0.25) is 0 Å². The third-order valence-electron chi connectivity index (χ3n) is 4.16. The molecule has 0 radical (unpaired) electrons. The predicted molar refractivity (Wildman–Crippen MR) is 94.2 cm³/mol. The molecule has 0 saturated heterocycles. The van der Waals surface area contributed by atoms with Crippen molar-refractivity contribution in [3.8, 4) is 0 Å². The lowest BCUT2D eigenvalue weighted by Gasteiger charge is -2.19. The van der Waals surface area contributed by atoms with E-state index in [1.807, 2.05) is 44.0 Å². The van der Waals surface area contributed by atoms with Gasteiger partial charge in [-0.15, -0.1) is 0 Å². The second kappa shape index (κ2) is 7.21. The summed E-state index contributed by atoms with van der Waals surface area (Å²) in [5.41, 5.74) is 3.56. The second-order valence-electron chi connectivity index (χ2n) is 5.90. The van der Waals surface area contributed by atoms with Gasteiger partial charge in [0.1, 0.15) is 11.5 Å². The molecule has 3 aromatic heterocycles. The number of carbonyl (C=O) groups excluding carboxylic acids is 1. The fourth-order valence-electron chi connectivity index (χ4n) is 2.50. The number of furan rings is 1. The molecule has 0 aliphatic carbocycles. The molecule has 130 valence electrons. The number of rotatable bonds is 6. The van der Waals surface area contributed by atoms with Gasteiger partial charge in [-0.05, 0) is 31.2 Å². The van der Waals surface area contributed by atoms with E-state index >= 15 is 0 Å². The summed E-state index contributed by atoms with van der Waals surface area (Å²) in [5.74, 6) is 0.470. The van der Waals surface area contributed by atoms with Crippen molar-refractivity contribution in [2.45, 2.75) is 20.0 Å². The number of hydrogen-bond donors (Lipinski definition) is 1. The van der Waals surface area contributed by atoms with Crippen molar-refractivity contribution in [1.29, 1.82) is 0 Å². The maximum atomic E-state index is 12.3. The summed E-state index contributed by atoms with van der Waals surface area (Å²) in [7, 11) is 3.90. The van der Waals surface area contributed by atoms with Crippen LogP contribution in [0.25, 0.3) is 0 Å². The van der Waals surface area contributed by atoms with E-state index in [1.165, 1.54) is 0 Å². The Labute approximate surface area is 146 Å². The number of aryl methyl sites for hydroxylation is 1. The number of carbonyl (C=O) groups is 1. The highest BCUT2D eigenvalue weighted by Crippen LogP contribution is 2.17. The van der Waals surface area contributed by atoms with E-state index in [1.54, 1.807) is 24.6 Å². The lowest BCUT2D eigenvalue weighted by Crippen LogP contribution is -2.24. The first-order valence-electron chi connectivity index (χ1n) is 8.00. The quantitative estimate of drug-likeness (QED) is 0.746. The summed E-state index contributed by atoms with van der Waals surface area (Å²) in [6.45, 7) is 3.08. The first-order chi connectivity index (χ1) is 12.0. The van der Waals surface area contributed by atoms with Gasteiger partial charge in [-0.3, -0.25) is 14.5 Å². The number of aromatic nitrogens is 3. The van der Waals surface area contributed by atoms with E-state index in [-0.39, 0.29) is 5.91 Å². The standard InChI is InChI=1S/C18H21N5O2/c1-13-14(10-21-23(13)3)12-22(2)15-6-7-19-17(9-15)18(24)20-11-16-5-4-8-25-16/h4-10H,11-12H2,1-3H3,(H,20,24). The highest BCUT2D eigenvalue weighted by atomic mass is 16.3. The SMILES string of the molecule is Cc1c(CN(C)c2ccnc(C(=O)NCc3ccco3)c2)cnn1C. The van der Waals surface area contributed by atoms with E-state index in [0.717, 1.165) is 16.9 Å². The van der Waals surface area contributed by atoms with Crippen molar-refractivity contribution in [1.82, 2.24) is 20.1 Å². The molecule has 0 unspecified atom stereocenters. The van der Waals surface area contributed by atoms with Crippen LogP contribution in [0.5, 0.6) is 0 Å². The molecule has 0 atom stereocenters. The van der Waals surface area contributed by atoms with E-state index < -0.39 is 0 Å². The molecule has 0 saturated carbocycles. The zero-order valence-corrected chi connectivity index (χ0v) is 14.6. The number of hydrogen-bond acceptors (Lipinski definition) is 5. The minimum Gasteiger partial charge on any atom is -0.467 e. The second-order valence-corrected chi connectivity index (χ2v) is 5.90. The Hall–Kier alpha value is -3.09. The molecule has 1 amide bonds. The summed E-state index contributed by atoms with van der Waals surface area (Å²) in [5, 5.41) is 7.06. The van der Waals surface area contributed by atoms with Gasteiger partial charge in [-0.1, -0.05) is 0 Å². The molecule has 7 nitrogen and oxygen atoms in total. The van der Waals surface area contributed by atoms with Crippen LogP contribution in [0, 0.1) is 6.92 Å². The molecular weight excluding hydrogens is 318 g/mol. The van der Waals surface area contributed by atoms with Crippen LogP contribution in [0.4, 0.5) is 5.69 Å². The molecule has 3 aromatic rings. The molecule has 25 heavy (non-hydrogen) atoms. The summed E-state index contributed by atoms with van der Waals surface area (Å²) < 4.78 is 7.06. The lowest BCUT2D eigenvalue weighted by atomic mass is 10.2. The molecule has 0 bridgehead atoms. The van der Waals surface area contributed by atoms with Crippen molar-refractivity contribution >= 4 is 11.6 Å². The van der Waals surface area contributed by atoms with Crippen molar-refractivity contribution in [3.63, 3.8) is 0 Å². The molecule has 7 heteroatoms. The van der Waals surface area contributed by atoms with Crippen LogP contribution >= 0.6 is 0 Å². The fourth-order valence-corrected chi connectivity index (χ4v) is 2.50. The summed E-state index contributed by atoms with van der Waals surface area (Å²) >= 11 is 0. The van der Waals surface area contributed by atoms with E-state index in [4.69, 9.17) is 4.42 Å². The van der Waals surface area contributed by atoms with Gasteiger partial charge in [0, 0.05) is 43.8 Å². The Morgan fingerprint density at radius 3 is 2.92 bits per heavy atom. The Bertz CT molecular complexity index is 854. The average molecular weight is 339 g/mol. The van der Waals surface area contributed by atoms with Crippen LogP contribution in [0.2, 0.25) is 0 Å². The molecule has 1 N–H and O–H groups in total. The number of nitrogens with zero attached hydrogens (tertiary/aromatic N) is 4. The van der Waals surface area contributed by atoms with Crippen molar-refractivity contribution < 1.29 is 9.21 Å². The number of nitrogens with one attached hydrogen (secondary N) is 1. The van der Waals surface area contributed by atoms with Crippen LogP contribution in [0.3, 0.4) is 0 Å². The molecule has 0 aliphatic heterocycles. The summed E-state index contributed by atoms with van der Waals surface area (Å²) in [6.07, 6.45) is 5.09. The normalized spacial score (nSPS) is 10.7. The van der Waals surface area contributed by atoms with E-state index in [0.29, 0.717) is 24.5 Å². The predicted octanol–water partition coefficient (Wildman–Crippen LogP) is 2.28. The number of anilines is 1. The largest absolute Gasteiger partial charge is 0.467 e. The van der Waals surface area contributed by atoms with Crippen molar-refractivity contribution in [2.75, 3.05) is 11.9 Å². The van der Waals surface area contributed by atoms with Crippen LogP contribution in [-0.2, 0) is 20.1 Å². The van der Waals surface area contributed by atoms with Crippen molar-refractivity contribution in [3.05, 3.63) is 65.6 Å². The minimum atomic E-state index is -0.232. The molecule has 0 spiro atoms. The zero-order chi connectivity index (χ0) is 17.8. The van der Waals surface area contributed by atoms with Crippen LogP contribution < -0.4 is 10.2 Å². The Morgan fingerprint density at radius 2 is 2.24 bits per heavy atom. The molecule has 3 heterocycles. The highest BCUT2D eigenvalue weighted by Gasteiger charge is 2.12. The van der Waals surface area contributed by atoms with Crippen LogP contribution in [0.1, 0.15) is 27.5 Å². The Balaban J connectivity index is 1.67. The fraction of sp³-hybridized carbons (Fsp3) is 0.278. The average Bonchev–Trinajstić information content (AvgIpc) is 3.25. The Kier molecular flexibility index (Phi) is 4.83. The monoisotopic (exact) mass is 339 g/mol. The summed E-state index contributed by atoms with van der Waals surface area (Å²) in [4.78, 5) is 18.5. The molecule has 0 aliphatic rings. The maximum absolute atomic E-state index is 12.3. The van der Waals surface area contributed by atoms with E-state index in [9.17, 15) is 4.79 Å². The molecule has 3 rings (SSSR count). The third-order valence-corrected chi connectivity index (χ3v) is 4.16. The number of pyridine rings is 1. The van der Waals surface area contributed by atoms with Gasteiger partial charge in [-0.2, -0.15) is 5.10 Å². The van der Waals surface area contributed by atoms with Gasteiger partial charge in [-0.25, -0.2) is 0 Å². The first-order valence-corrected chi connectivity index (χ1v) is 8.00.